The van der Waals surface area contributed by atoms with Crippen molar-refractivity contribution < 1.29 is 19.1 Å². The number of hydrogen-bond acceptors (Lipinski definition) is 10. The maximum atomic E-state index is 14.3. The van der Waals surface area contributed by atoms with Crippen LogP contribution in [0.5, 0.6) is 0 Å². The summed E-state index contributed by atoms with van der Waals surface area (Å²) >= 11 is 3.39. The molecule has 8 rings (SSSR count). The predicted octanol–water partition coefficient (Wildman–Crippen LogP) is 3.10. The first-order valence-electron chi connectivity index (χ1n) is 15.2. The fourth-order valence-electron chi connectivity index (χ4n) is 6.61. The van der Waals surface area contributed by atoms with Crippen LogP contribution in [0.1, 0.15) is 40.9 Å². The molecule has 1 aliphatic carbocycles. The number of likely N-dealkylation sites (tertiary alicyclic amines) is 1. The minimum absolute atomic E-state index is 0.176. The molecule has 2 amide bonds. The summed E-state index contributed by atoms with van der Waals surface area (Å²) in [6, 6.07) is 7.71. The number of rotatable bonds is 4. The van der Waals surface area contributed by atoms with Gasteiger partial charge < -0.3 is 15.0 Å². The molecular weight excluding hydrogens is 680 g/mol. The third kappa shape index (κ3) is 5.13. The lowest BCUT2D eigenvalue weighted by Crippen LogP contribution is -2.52. The Morgan fingerprint density at radius 3 is 2.75 bits per heavy atom. The Morgan fingerprint density at radius 1 is 1.15 bits per heavy atom. The lowest BCUT2D eigenvalue weighted by molar-refractivity contribution is -0.138. The fraction of sp³-hybridized carbons (Fsp3) is 0.303. The third-order valence-electron chi connectivity index (χ3n) is 8.95. The average Bonchev–Trinajstić information content (AvgIpc) is 3.71. The Labute approximate surface area is 282 Å². The van der Waals surface area contributed by atoms with E-state index in [0.717, 1.165) is 11.1 Å². The molecule has 1 saturated heterocycles. The number of halogens is 1. The van der Waals surface area contributed by atoms with Crippen molar-refractivity contribution in [2.24, 2.45) is 5.41 Å². The summed E-state index contributed by atoms with van der Waals surface area (Å²) in [5, 5.41) is 16.7. The number of fused-ring (bicyclic) bond motifs is 5. The number of aromatic nitrogens is 8. The van der Waals surface area contributed by atoms with Crippen molar-refractivity contribution in [1.29, 1.82) is 0 Å². The van der Waals surface area contributed by atoms with Crippen molar-refractivity contribution in [3.05, 3.63) is 76.3 Å². The van der Waals surface area contributed by atoms with E-state index in [-0.39, 0.29) is 43.6 Å². The SMILES string of the molecule is CC(=O)c1nn(CC(=O)N2[C@H]3C[C@]4(C#C[C@@H]24)Cn2cc(nn2)COCc2ccc(Br)nc2NC3=O)c2ccc(-c3cnc(C)nc3)cc12. The Balaban J connectivity index is 1.16. The zero-order valence-corrected chi connectivity index (χ0v) is 27.4. The summed E-state index contributed by atoms with van der Waals surface area (Å²) in [5.74, 6) is 6.39. The molecule has 4 bridgehead atoms. The van der Waals surface area contributed by atoms with Crippen LogP contribution >= 0.6 is 15.9 Å². The number of carbonyl (C=O) groups excluding carboxylic acids is 3. The van der Waals surface area contributed by atoms with Gasteiger partial charge in [0.05, 0.1) is 36.9 Å². The number of ether oxygens (including phenoxy) is 1. The van der Waals surface area contributed by atoms with Crippen molar-refractivity contribution in [3.63, 3.8) is 0 Å². The molecule has 2 aliphatic heterocycles. The highest BCUT2D eigenvalue weighted by molar-refractivity contribution is 9.10. The number of anilines is 1. The van der Waals surface area contributed by atoms with Gasteiger partial charge in [-0.25, -0.2) is 15.0 Å². The molecular formula is C33H27BrN10O4. The molecule has 6 heterocycles. The van der Waals surface area contributed by atoms with Gasteiger partial charge in [-0.1, -0.05) is 29.2 Å². The zero-order valence-electron chi connectivity index (χ0n) is 25.8. The summed E-state index contributed by atoms with van der Waals surface area (Å²) in [5.41, 5.74) is 3.04. The van der Waals surface area contributed by atoms with Gasteiger partial charge in [-0.05, 0) is 53.0 Å². The lowest BCUT2D eigenvalue weighted by Gasteiger charge is -2.36. The Morgan fingerprint density at radius 2 is 1.98 bits per heavy atom. The van der Waals surface area contributed by atoms with Gasteiger partial charge in [0.2, 0.25) is 11.8 Å². The van der Waals surface area contributed by atoms with Crippen molar-refractivity contribution in [1.82, 2.24) is 44.6 Å². The van der Waals surface area contributed by atoms with Gasteiger partial charge in [-0.15, -0.1) is 5.10 Å². The van der Waals surface area contributed by atoms with E-state index in [9.17, 15) is 14.4 Å². The van der Waals surface area contributed by atoms with Crippen molar-refractivity contribution in [2.45, 2.75) is 58.7 Å². The van der Waals surface area contributed by atoms with E-state index in [1.807, 2.05) is 31.2 Å². The molecule has 0 radical (unpaired) electrons. The second-order valence-corrected chi connectivity index (χ2v) is 13.0. The average molecular weight is 708 g/mol. The van der Waals surface area contributed by atoms with Crippen molar-refractivity contribution in [2.75, 3.05) is 5.32 Å². The number of carbonyl (C=O) groups is 3. The number of amides is 2. The lowest BCUT2D eigenvalue weighted by atomic mass is 9.73. The summed E-state index contributed by atoms with van der Waals surface area (Å²) < 4.78 is 9.61. The van der Waals surface area contributed by atoms with Gasteiger partial charge in [0, 0.05) is 35.8 Å². The minimum Gasteiger partial charge on any atom is -0.370 e. The van der Waals surface area contributed by atoms with E-state index in [4.69, 9.17) is 4.74 Å². The van der Waals surface area contributed by atoms with Crippen LogP contribution in [0.25, 0.3) is 22.0 Å². The summed E-state index contributed by atoms with van der Waals surface area (Å²) in [6.07, 6.45) is 5.53. The van der Waals surface area contributed by atoms with E-state index < -0.39 is 23.4 Å². The zero-order chi connectivity index (χ0) is 33.2. The molecule has 5 aromatic rings. The molecule has 3 aliphatic rings. The van der Waals surface area contributed by atoms with Gasteiger partial charge in [0.25, 0.3) is 0 Å². The van der Waals surface area contributed by atoms with E-state index in [1.54, 1.807) is 34.2 Å². The third-order valence-corrected chi connectivity index (χ3v) is 9.39. The largest absolute Gasteiger partial charge is 0.370 e. The van der Waals surface area contributed by atoms with Crippen molar-refractivity contribution >= 4 is 50.2 Å². The molecule has 0 saturated carbocycles. The van der Waals surface area contributed by atoms with E-state index in [1.165, 1.54) is 11.6 Å². The number of hydrogen-bond donors (Lipinski definition) is 1. The highest BCUT2D eigenvalue weighted by atomic mass is 79.9. The smallest absolute Gasteiger partial charge is 0.248 e. The first-order chi connectivity index (χ1) is 23.2. The van der Waals surface area contributed by atoms with Crippen LogP contribution in [0.4, 0.5) is 5.82 Å². The fourth-order valence-corrected chi connectivity index (χ4v) is 6.92. The number of Topliss-reactive ketones (excluding diaryl/α,β-unsaturated/α-hetero) is 1. The first-order valence-corrected chi connectivity index (χ1v) is 16.0. The molecule has 1 fully saturated rings. The highest BCUT2D eigenvalue weighted by Crippen LogP contribution is 2.47. The molecule has 14 nitrogen and oxygen atoms in total. The molecule has 240 valence electrons. The van der Waals surface area contributed by atoms with Gasteiger partial charge >= 0.3 is 0 Å². The summed E-state index contributed by atoms with van der Waals surface area (Å²) in [7, 11) is 0. The monoisotopic (exact) mass is 706 g/mol. The molecule has 1 aromatic carbocycles. The van der Waals surface area contributed by atoms with Crippen LogP contribution in [-0.2, 0) is 40.6 Å². The van der Waals surface area contributed by atoms with E-state index in [2.05, 4.69) is 63.5 Å². The van der Waals surface area contributed by atoms with Gasteiger partial charge in [0.15, 0.2) is 5.78 Å². The van der Waals surface area contributed by atoms with Crippen LogP contribution in [0.2, 0.25) is 0 Å². The summed E-state index contributed by atoms with van der Waals surface area (Å²) in [4.78, 5) is 55.7. The van der Waals surface area contributed by atoms with Crippen LogP contribution in [-0.4, -0.2) is 74.3 Å². The van der Waals surface area contributed by atoms with Crippen LogP contribution < -0.4 is 5.32 Å². The minimum atomic E-state index is -0.882. The molecule has 0 unspecified atom stereocenters. The Bertz CT molecular complexity index is 2220. The molecule has 1 N–H and O–H groups in total. The molecule has 3 atom stereocenters. The van der Waals surface area contributed by atoms with Crippen LogP contribution in [0, 0.1) is 24.2 Å². The second-order valence-electron chi connectivity index (χ2n) is 12.2. The molecule has 15 heteroatoms. The van der Waals surface area contributed by atoms with Gasteiger partial charge in [0.1, 0.15) is 46.3 Å². The van der Waals surface area contributed by atoms with Crippen molar-refractivity contribution in [3.8, 4) is 23.0 Å². The quantitative estimate of drug-likeness (QED) is 0.167. The van der Waals surface area contributed by atoms with Crippen LogP contribution in [0.3, 0.4) is 0 Å². The van der Waals surface area contributed by atoms with Gasteiger partial charge in [-0.2, -0.15) is 5.10 Å². The standard InChI is InChI=1S/C33H27BrN10O4/c1-18(45)30-24-9-20(22-11-35-19(2)36-12-22)3-5-25(24)43(40-30)14-29(46)44-26-10-33(8-7-27(33)44)17-42-13-23(39-41-42)16-48-15-21-4-6-28(34)37-31(21)38-32(26)47/h3-6,9,11-13,26-27H,10,14-17H2,1-2H3,(H,37,38,47)/t26-,27+,33+/m0/s1. The number of nitrogens with one attached hydrogen (secondary N) is 1. The van der Waals surface area contributed by atoms with E-state index >= 15 is 0 Å². The second kappa shape index (κ2) is 11.4. The van der Waals surface area contributed by atoms with E-state index in [0.29, 0.717) is 45.0 Å². The number of nitrogens with zero attached hydrogens (tertiary/aromatic N) is 9. The highest BCUT2D eigenvalue weighted by Gasteiger charge is 2.59. The topological polar surface area (TPSA) is 163 Å². The number of aryl methyl sites for hydroxylation is 1. The predicted molar refractivity (Wildman–Crippen MR) is 174 cm³/mol. The number of ketones is 1. The molecule has 4 aromatic heterocycles. The number of benzene rings is 1. The van der Waals surface area contributed by atoms with Gasteiger partial charge in [-0.3, -0.25) is 23.7 Å². The first kappa shape index (κ1) is 30.0. The molecule has 48 heavy (non-hydrogen) atoms. The summed E-state index contributed by atoms with van der Waals surface area (Å²) in [6.45, 7) is 3.78. The Kier molecular flexibility index (Phi) is 7.15. The Hall–Kier alpha value is -5.33. The maximum Gasteiger partial charge on any atom is 0.248 e. The number of pyridine rings is 1. The normalized spacial score (nSPS) is 21.3. The molecule has 1 spiro atoms. The van der Waals surface area contributed by atoms with Crippen LogP contribution in [0.15, 0.2) is 53.5 Å². The maximum absolute atomic E-state index is 14.3.